The molecule has 1 heterocycles. The van der Waals surface area contributed by atoms with Crippen molar-refractivity contribution in [2.24, 2.45) is 0 Å². The van der Waals surface area contributed by atoms with Crippen LogP contribution in [0.4, 0.5) is 0 Å². The summed E-state index contributed by atoms with van der Waals surface area (Å²) in [6, 6.07) is 16.6. The Bertz CT molecular complexity index is 763. The van der Waals surface area contributed by atoms with Gasteiger partial charge in [-0.25, -0.2) is 4.98 Å². The highest BCUT2D eigenvalue weighted by Gasteiger charge is 2.11. The number of rotatable bonds is 11. The predicted octanol–water partition coefficient (Wildman–Crippen LogP) is 7.48. The van der Waals surface area contributed by atoms with E-state index < -0.39 is 0 Å². The lowest BCUT2D eigenvalue weighted by molar-refractivity contribution is 0.305. The normalized spacial score (nSPS) is 11.1. The number of hydrogen-bond donors (Lipinski definition) is 0. The molecule has 0 saturated heterocycles. The molecule has 1 aromatic heterocycles. The number of para-hydroxylation sites is 2. The number of fused-ring (bicyclic) bond motifs is 1. The molecular weight excluding hydrogens is 338 g/mol. The summed E-state index contributed by atoms with van der Waals surface area (Å²) in [5.74, 6) is 0.953. The summed E-state index contributed by atoms with van der Waals surface area (Å²) in [6.45, 7) is 3.06. The van der Waals surface area contributed by atoms with Crippen molar-refractivity contribution in [3.05, 3.63) is 48.5 Å². The van der Waals surface area contributed by atoms with Gasteiger partial charge >= 0.3 is 0 Å². The summed E-state index contributed by atoms with van der Waals surface area (Å²) in [5.41, 5.74) is 2.17. The molecule has 0 aliphatic rings. The lowest BCUT2D eigenvalue weighted by atomic mass is 10.1. The van der Waals surface area contributed by atoms with Gasteiger partial charge in [-0.3, -0.25) is 0 Å². The number of ether oxygens (including phenoxy) is 1. The van der Waals surface area contributed by atoms with Gasteiger partial charge in [0.2, 0.25) is 0 Å². The minimum Gasteiger partial charge on any atom is -0.493 e. The van der Waals surface area contributed by atoms with Crippen LogP contribution in [-0.4, -0.2) is 11.6 Å². The highest BCUT2D eigenvalue weighted by atomic mass is 32.1. The fourth-order valence-corrected chi connectivity index (χ4v) is 4.17. The Labute approximate surface area is 161 Å². The maximum atomic E-state index is 6.10. The van der Waals surface area contributed by atoms with E-state index in [0.717, 1.165) is 34.9 Å². The number of unbranched alkanes of at least 4 members (excludes halogenated alkanes) is 7. The second-order valence-electron chi connectivity index (χ2n) is 6.81. The molecule has 2 nitrogen and oxygen atoms in total. The van der Waals surface area contributed by atoms with E-state index in [-0.39, 0.29) is 0 Å². The molecular formula is C23H29NOS. The van der Waals surface area contributed by atoms with E-state index in [4.69, 9.17) is 9.72 Å². The molecule has 0 bridgehead atoms. The zero-order valence-corrected chi connectivity index (χ0v) is 16.6. The number of nitrogens with zero attached hydrogens (tertiary/aromatic N) is 1. The van der Waals surface area contributed by atoms with Gasteiger partial charge in [0.25, 0.3) is 0 Å². The smallest absolute Gasteiger partial charge is 0.129 e. The average molecular weight is 368 g/mol. The van der Waals surface area contributed by atoms with Crippen LogP contribution >= 0.6 is 11.3 Å². The molecule has 0 saturated carbocycles. The minimum absolute atomic E-state index is 0.789. The quantitative estimate of drug-likeness (QED) is 0.328. The van der Waals surface area contributed by atoms with Crippen molar-refractivity contribution in [1.29, 1.82) is 0 Å². The molecule has 0 fully saturated rings. The molecule has 0 N–H and O–H groups in total. The van der Waals surface area contributed by atoms with Crippen LogP contribution in [0.3, 0.4) is 0 Å². The van der Waals surface area contributed by atoms with Crippen molar-refractivity contribution in [3.63, 3.8) is 0 Å². The zero-order valence-electron chi connectivity index (χ0n) is 15.7. The third-order valence-corrected chi connectivity index (χ3v) is 5.74. The van der Waals surface area contributed by atoms with Crippen LogP contribution in [0, 0.1) is 0 Å². The highest BCUT2D eigenvalue weighted by molar-refractivity contribution is 7.21. The molecule has 0 atom stereocenters. The monoisotopic (exact) mass is 367 g/mol. The summed E-state index contributed by atoms with van der Waals surface area (Å²) < 4.78 is 7.32. The topological polar surface area (TPSA) is 22.1 Å². The Morgan fingerprint density at radius 1 is 0.808 bits per heavy atom. The second kappa shape index (κ2) is 10.3. The number of aromatic nitrogens is 1. The molecule has 3 rings (SSSR count). The average Bonchev–Trinajstić information content (AvgIpc) is 3.11. The van der Waals surface area contributed by atoms with Crippen molar-refractivity contribution in [2.75, 3.05) is 6.61 Å². The minimum atomic E-state index is 0.789. The first-order valence-corrected chi connectivity index (χ1v) is 10.8. The molecule has 0 aliphatic heterocycles. The van der Waals surface area contributed by atoms with Crippen molar-refractivity contribution >= 4 is 21.6 Å². The number of benzene rings is 2. The van der Waals surface area contributed by atoms with Gasteiger partial charge in [-0.05, 0) is 30.7 Å². The van der Waals surface area contributed by atoms with Gasteiger partial charge in [0.05, 0.1) is 22.4 Å². The van der Waals surface area contributed by atoms with E-state index >= 15 is 0 Å². The van der Waals surface area contributed by atoms with Gasteiger partial charge in [-0.2, -0.15) is 0 Å². The third kappa shape index (κ3) is 5.31. The molecule has 3 heteroatoms. The Morgan fingerprint density at radius 3 is 2.31 bits per heavy atom. The fraction of sp³-hybridized carbons (Fsp3) is 0.435. The summed E-state index contributed by atoms with van der Waals surface area (Å²) in [5, 5.41) is 1.04. The molecule has 0 amide bonds. The molecule has 0 radical (unpaired) electrons. The number of thiazole rings is 1. The van der Waals surface area contributed by atoms with E-state index in [1.54, 1.807) is 11.3 Å². The van der Waals surface area contributed by atoms with Gasteiger partial charge in [0.15, 0.2) is 0 Å². The van der Waals surface area contributed by atoms with Gasteiger partial charge in [0.1, 0.15) is 10.8 Å². The molecule has 138 valence electrons. The number of hydrogen-bond acceptors (Lipinski definition) is 3. The van der Waals surface area contributed by atoms with Crippen LogP contribution < -0.4 is 4.74 Å². The molecule has 0 spiro atoms. The molecule has 26 heavy (non-hydrogen) atoms. The van der Waals surface area contributed by atoms with Crippen molar-refractivity contribution in [2.45, 2.75) is 58.3 Å². The van der Waals surface area contributed by atoms with E-state index in [0.29, 0.717) is 0 Å². The molecule has 3 aromatic rings. The summed E-state index contributed by atoms with van der Waals surface area (Å²) >= 11 is 1.73. The van der Waals surface area contributed by atoms with Crippen LogP contribution in [-0.2, 0) is 0 Å². The Morgan fingerprint density at radius 2 is 1.50 bits per heavy atom. The molecule has 0 aliphatic carbocycles. The van der Waals surface area contributed by atoms with Crippen LogP contribution in [0.25, 0.3) is 20.8 Å². The SMILES string of the molecule is CCCCCCCCCCOc1ccccc1-c1nc2ccccc2s1. The van der Waals surface area contributed by atoms with Crippen LogP contribution in [0.2, 0.25) is 0 Å². The van der Waals surface area contributed by atoms with Gasteiger partial charge in [-0.1, -0.05) is 76.1 Å². The van der Waals surface area contributed by atoms with Crippen LogP contribution in [0.5, 0.6) is 5.75 Å². The van der Waals surface area contributed by atoms with Gasteiger partial charge in [0, 0.05) is 0 Å². The first kappa shape index (κ1) is 18.9. The Balaban J connectivity index is 1.50. The van der Waals surface area contributed by atoms with Crippen molar-refractivity contribution < 1.29 is 4.74 Å². The second-order valence-corrected chi connectivity index (χ2v) is 7.84. The van der Waals surface area contributed by atoms with Crippen LogP contribution in [0.1, 0.15) is 58.3 Å². The maximum absolute atomic E-state index is 6.10. The third-order valence-electron chi connectivity index (χ3n) is 4.67. The first-order chi connectivity index (χ1) is 12.9. The molecule has 0 unspecified atom stereocenters. The lowest BCUT2D eigenvalue weighted by Crippen LogP contribution is -1.98. The van der Waals surface area contributed by atoms with Gasteiger partial charge < -0.3 is 4.74 Å². The predicted molar refractivity (Wildman–Crippen MR) is 113 cm³/mol. The van der Waals surface area contributed by atoms with E-state index in [9.17, 15) is 0 Å². The van der Waals surface area contributed by atoms with E-state index in [1.807, 2.05) is 12.1 Å². The van der Waals surface area contributed by atoms with E-state index in [2.05, 4.69) is 43.3 Å². The van der Waals surface area contributed by atoms with Crippen LogP contribution in [0.15, 0.2) is 48.5 Å². The molecule has 2 aromatic carbocycles. The largest absolute Gasteiger partial charge is 0.493 e. The highest BCUT2D eigenvalue weighted by Crippen LogP contribution is 2.35. The Hall–Kier alpha value is -1.87. The zero-order chi connectivity index (χ0) is 18.0. The van der Waals surface area contributed by atoms with Gasteiger partial charge in [-0.15, -0.1) is 11.3 Å². The van der Waals surface area contributed by atoms with Crippen molar-refractivity contribution in [3.8, 4) is 16.3 Å². The summed E-state index contributed by atoms with van der Waals surface area (Å²) in [6.07, 6.45) is 10.6. The standard InChI is InChI=1S/C23H29NOS/c1-2-3-4-5-6-7-8-13-18-25-21-16-11-9-14-19(21)23-24-20-15-10-12-17-22(20)26-23/h9-12,14-17H,2-8,13,18H2,1H3. The van der Waals surface area contributed by atoms with Crippen molar-refractivity contribution in [1.82, 2.24) is 4.98 Å². The first-order valence-electron chi connectivity index (χ1n) is 9.96. The summed E-state index contributed by atoms with van der Waals surface area (Å²) in [7, 11) is 0. The maximum Gasteiger partial charge on any atom is 0.129 e. The van der Waals surface area contributed by atoms with E-state index in [1.165, 1.54) is 49.6 Å². The Kier molecular flexibility index (Phi) is 7.51. The lowest BCUT2D eigenvalue weighted by Gasteiger charge is -2.09. The fourth-order valence-electron chi connectivity index (χ4n) is 3.17. The summed E-state index contributed by atoms with van der Waals surface area (Å²) in [4.78, 5) is 4.78.